The van der Waals surface area contributed by atoms with Crippen LogP contribution in [0, 0.1) is 5.92 Å². The molecule has 2 N–H and O–H groups in total. The van der Waals surface area contributed by atoms with Crippen molar-refractivity contribution in [1.29, 1.82) is 0 Å². The van der Waals surface area contributed by atoms with Gasteiger partial charge in [0, 0.05) is 33.3 Å². The first kappa shape index (κ1) is 24.0. The lowest BCUT2D eigenvalue weighted by molar-refractivity contribution is -0.118. The number of hydrogen-bond acceptors (Lipinski definition) is 4. The van der Waals surface area contributed by atoms with Crippen molar-refractivity contribution in [3.63, 3.8) is 0 Å². The molecule has 7 heteroatoms. The number of methoxy groups -OCH3 is 1. The van der Waals surface area contributed by atoms with Crippen molar-refractivity contribution < 1.29 is 14.3 Å². The van der Waals surface area contributed by atoms with Gasteiger partial charge in [-0.1, -0.05) is 53.5 Å². The highest BCUT2D eigenvalue weighted by molar-refractivity contribution is 9.10. The number of ether oxygens (including phenoxy) is 2. The Morgan fingerprint density at radius 1 is 1.00 bits per heavy atom. The molecule has 0 radical (unpaired) electrons. The van der Waals surface area contributed by atoms with E-state index in [1.807, 2.05) is 74.5 Å². The molecule has 0 saturated heterocycles. The topological polar surface area (TPSA) is 59.6 Å². The second-order valence-electron chi connectivity index (χ2n) is 7.58. The summed E-state index contributed by atoms with van der Waals surface area (Å²) < 4.78 is 12.4. The van der Waals surface area contributed by atoms with Crippen molar-refractivity contribution in [2.75, 3.05) is 17.7 Å². The molecule has 3 aromatic carbocycles. The summed E-state index contributed by atoms with van der Waals surface area (Å²) in [7, 11) is 1.62. The van der Waals surface area contributed by atoms with Crippen LogP contribution in [0.25, 0.3) is 0 Å². The van der Waals surface area contributed by atoms with E-state index in [4.69, 9.17) is 21.1 Å². The van der Waals surface area contributed by atoms with Crippen molar-refractivity contribution in [3.05, 3.63) is 81.3 Å². The van der Waals surface area contributed by atoms with Gasteiger partial charge in [-0.25, -0.2) is 0 Å². The predicted molar refractivity (Wildman–Crippen MR) is 134 cm³/mol. The van der Waals surface area contributed by atoms with Crippen LogP contribution in [0.15, 0.2) is 65.1 Å². The van der Waals surface area contributed by atoms with E-state index < -0.39 is 0 Å². The van der Waals surface area contributed by atoms with Crippen LogP contribution in [-0.2, 0) is 17.9 Å². The molecule has 0 aliphatic carbocycles. The summed E-state index contributed by atoms with van der Waals surface area (Å²) in [6.07, 6.45) is 0. The van der Waals surface area contributed by atoms with Crippen LogP contribution in [0.1, 0.15) is 25.0 Å². The molecule has 3 rings (SSSR count). The highest BCUT2D eigenvalue weighted by Crippen LogP contribution is 2.34. The highest BCUT2D eigenvalue weighted by atomic mass is 79.9. The molecule has 0 unspecified atom stereocenters. The fourth-order valence-corrected chi connectivity index (χ4v) is 3.47. The first-order valence-electron chi connectivity index (χ1n) is 10.2. The lowest BCUT2D eigenvalue weighted by Crippen LogP contribution is -2.17. The zero-order chi connectivity index (χ0) is 23.1. The fraction of sp³-hybridized carbons (Fsp3) is 0.240. The van der Waals surface area contributed by atoms with Gasteiger partial charge in [0.2, 0.25) is 5.91 Å². The molecular formula is C25H26BrClN2O3. The fourth-order valence-electron chi connectivity index (χ4n) is 2.88. The van der Waals surface area contributed by atoms with E-state index in [9.17, 15) is 4.79 Å². The van der Waals surface area contributed by atoms with Crippen molar-refractivity contribution >= 4 is 44.8 Å². The van der Waals surface area contributed by atoms with Gasteiger partial charge in [0.05, 0.1) is 7.11 Å². The number of rotatable bonds is 9. The SMILES string of the molecule is COc1cc(CNc2ccc(NC(=O)C(C)C)cc2)c(Br)cc1OCc1ccc(Cl)cc1. The maximum atomic E-state index is 11.8. The second kappa shape index (κ2) is 11.2. The first-order valence-corrected chi connectivity index (χ1v) is 11.4. The van der Waals surface area contributed by atoms with Crippen LogP contribution in [0.5, 0.6) is 11.5 Å². The number of carbonyl (C=O) groups excluding carboxylic acids is 1. The smallest absolute Gasteiger partial charge is 0.226 e. The molecule has 1 amide bonds. The summed E-state index contributed by atoms with van der Waals surface area (Å²) >= 11 is 9.57. The quantitative estimate of drug-likeness (QED) is 0.324. The number of halogens is 2. The van der Waals surface area contributed by atoms with E-state index in [2.05, 4.69) is 26.6 Å². The molecule has 0 saturated carbocycles. The van der Waals surface area contributed by atoms with Gasteiger partial charge in [0.15, 0.2) is 11.5 Å². The summed E-state index contributed by atoms with van der Waals surface area (Å²) in [5.74, 6) is 1.26. The Bertz CT molecular complexity index is 1050. The number of benzene rings is 3. The van der Waals surface area contributed by atoms with Gasteiger partial charge in [0.25, 0.3) is 0 Å². The summed E-state index contributed by atoms with van der Waals surface area (Å²) in [6, 6.07) is 19.0. The molecule has 0 atom stereocenters. The third kappa shape index (κ3) is 6.65. The molecule has 0 aliphatic heterocycles. The van der Waals surface area contributed by atoms with Gasteiger partial charge in [0.1, 0.15) is 6.61 Å². The molecule has 0 spiro atoms. The molecule has 5 nitrogen and oxygen atoms in total. The Morgan fingerprint density at radius 3 is 2.28 bits per heavy atom. The molecule has 0 aliphatic rings. The minimum atomic E-state index is -0.0572. The Morgan fingerprint density at radius 2 is 1.66 bits per heavy atom. The summed E-state index contributed by atoms with van der Waals surface area (Å²) in [5.41, 5.74) is 3.77. The Hall–Kier alpha value is -2.70. The van der Waals surface area contributed by atoms with E-state index in [-0.39, 0.29) is 11.8 Å². The van der Waals surface area contributed by atoms with Crippen LogP contribution in [-0.4, -0.2) is 13.0 Å². The number of carbonyl (C=O) groups is 1. The van der Waals surface area contributed by atoms with Gasteiger partial charge in [-0.2, -0.15) is 0 Å². The third-order valence-electron chi connectivity index (χ3n) is 4.80. The lowest BCUT2D eigenvalue weighted by Gasteiger charge is -2.15. The Balaban J connectivity index is 1.63. The summed E-state index contributed by atoms with van der Waals surface area (Å²) in [5, 5.41) is 6.97. The maximum absolute atomic E-state index is 11.8. The second-order valence-corrected chi connectivity index (χ2v) is 8.88. The highest BCUT2D eigenvalue weighted by Gasteiger charge is 2.11. The lowest BCUT2D eigenvalue weighted by atomic mass is 10.1. The van der Waals surface area contributed by atoms with E-state index in [1.54, 1.807) is 7.11 Å². The monoisotopic (exact) mass is 516 g/mol. The van der Waals surface area contributed by atoms with Crippen molar-refractivity contribution in [1.82, 2.24) is 0 Å². The number of amides is 1. The molecule has 0 fully saturated rings. The molecular weight excluding hydrogens is 492 g/mol. The van der Waals surface area contributed by atoms with Crippen LogP contribution in [0.2, 0.25) is 5.02 Å². The van der Waals surface area contributed by atoms with E-state index in [1.165, 1.54) is 0 Å². The normalized spacial score (nSPS) is 10.7. The van der Waals surface area contributed by atoms with E-state index in [0.29, 0.717) is 29.7 Å². The molecule has 3 aromatic rings. The number of hydrogen-bond donors (Lipinski definition) is 2. The molecule has 0 bridgehead atoms. The largest absolute Gasteiger partial charge is 0.493 e. The summed E-state index contributed by atoms with van der Waals surface area (Å²) in [6.45, 7) is 4.74. The van der Waals surface area contributed by atoms with Crippen molar-refractivity contribution in [2.24, 2.45) is 5.92 Å². The van der Waals surface area contributed by atoms with Crippen LogP contribution in [0.3, 0.4) is 0 Å². The van der Waals surface area contributed by atoms with Gasteiger partial charge < -0.3 is 20.1 Å². The van der Waals surface area contributed by atoms with Crippen LogP contribution < -0.4 is 20.1 Å². The zero-order valence-corrected chi connectivity index (χ0v) is 20.6. The molecule has 168 valence electrons. The maximum Gasteiger partial charge on any atom is 0.226 e. The third-order valence-corrected chi connectivity index (χ3v) is 5.79. The first-order chi connectivity index (χ1) is 15.4. The van der Waals surface area contributed by atoms with E-state index in [0.717, 1.165) is 27.0 Å². The average molecular weight is 518 g/mol. The van der Waals surface area contributed by atoms with Gasteiger partial charge in [-0.15, -0.1) is 0 Å². The predicted octanol–water partition coefficient (Wildman–Crippen LogP) is 6.90. The van der Waals surface area contributed by atoms with Crippen molar-refractivity contribution in [3.8, 4) is 11.5 Å². The van der Waals surface area contributed by atoms with Gasteiger partial charge >= 0.3 is 0 Å². The molecule has 32 heavy (non-hydrogen) atoms. The van der Waals surface area contributed by atoms with E-state index >= 15 is 0 Å². The Labute approximate surface area is 202 Å². The van der Waals surface area contributed by atoms with Crippen LogP contribution >= 0.6 is 27.5 Å². The molecule has 0 aromatic heterocycles. The number of nitrogens with one attached hydrogen (secondary N) is 2. The van der Waals surface area contributed by atoms with Gasteiger partial charge in [-0.05, 0) is 59.7 Å². The zero-order valence-electron chi connectivity index (χ0n) is 18.2. The average Bonchev–Trinajstić information content (AvgIpc) is 2.78. The standard InChI is InChI=1S/C25H26BrClN2O3/c1-16(2)25(30)29-21-10-8-20(9-11-21)28-14-18-12-23(31-3)24(13-22(18)26)32-15-17-4-6-19(27)7-5-17/h4-13,16,28H,14-15H2,1-3H3,(H,29,30). The number of anilines is 2. The summed E-state index contributed by atoms with van der Waals surface area (Å²) in [4.78, 5) is 11.8. The van der Waals surface area contributed by atoms with Crippen molar-refractivity contribution in [2.45, 2.75) is 27.0 Å². The van der Waals surface area contributed by atoms with Gasteiger partial charge in [-0.3, -0.25) is 4.79 Å². The van der Waals surface area contributed by atoms with Crippen LogP contribution in [0.4, 0.5) is 11.4 Å². The minimum Gasteiger partial charge on any atom is -0.493 e. The molecule has 0 heterocycles. The minimum absolute atomic E-state index is 0.0000980. The Kier molecular flexibility index (Phi) is 8.42.